The lowest BCUT2D eigenvalue weighted by atomic mass is 10.1. The van der Waals surface area contributed by atoms with Gasteiger partial charge < -0.3 is 5.32 Å². The minimum absolute atomic E-state index is 0.574. The lowest BCUT2D eigenvalue weighted by Gasteiger charge is -2.08. The minimum Gasteiger partial charge on any atom is -0.384 e. The molecule has 0 amide bonds. The van der Waals surface area contributed by atoms with E-state index in [2.05, 4.69) is 21.6 Å². The van der Waals surface area contributed by atoms with Crippen molar-refractivity contribution in [2.24, 2.45) is 0 Å². The summed E-state index contributed by atoms with van der Waals surface area (Å²) in [6.07, 6.45) is 3.84. The standard InChI is InChI=1S/C14H15ClN4/c1-10-12(9-18-19-10)3-2-6-17-14-5-4-11(8-16)7-13(14)15/h4-5,7,9,17H,2-3,6H2,1H3,(H,18,19). The fourth-order valence-electron chi connectivity index (χ4n) is 1.86. The van der Waals surface area contributed by atoms with Gasteiger partial charge in [0.05, 0.1) is 28.5 Å². The second-order valence-corrected chi connectivity index (χ2v) is 4.76. The molecule has 0 fully saturated rings. The zero-order chi connectivity index (χ0) is 13.7. The minimum atomic E-state index is 0.574. The number of nitrogens with zero attached hydrogens (tertiary/aromatic N) is 2. The second kappa shape index (κ2) is 6.26. The molecule has 0 spiro atoms. The fraction of sp³-hybridized carbons (Fsp3) is 0.286. The summed E-state index contributed by atoms with van der Waals surface area (Å²) >= 11 is 6.08. The number of H-pyrrole nitrogens is 1. The number of halogens is 1. The average Bonchev–Trinajstić information content (AvgIpc) is 2.81. The molecule has 0 saturated heterocycles. The van der Waals surface area contributed by atoms with E-state index in [4.69, 9.17) is 16.9 Å². The van der Waals surface area contributed by atoms with Crippen molar-refractivity contribution in [3.63, 3.8) is 0 Å². The van der Waals surface area contributed by atoms with Gasteiger partial charge in [-0.25, -0.2) is 0 Å². The van der Waals surface area contributed by atoms with Crippen molar-refractivity contribution >= 4 is 17.3 Å². The van der Waals surface area contributed by atoms with Crippen molar-refractivity contribution in [1.29, 1.82) is 5.26 Å². The Morgan fingerprint density at radius 1 is 1.47 bits per heavy atom. The molecule has 0 aliphatic heterocycles. The summed E-state index contributed by atoms with van der Waals surface area (Å²) in [6, 6.07) is 7.33. The van der Waals surface area contributed by atoms with Crippen LogP contribution in [-0.2, 0) is 6.42 Å². The van der Waals surface area contributed by atoms with Gasteiger partial charge in [0.1, 0.15) is 0 Å². The van der Waals surface area contributed by atoms with Gasteiger partial charge in [-0.2, -0.15) is 10.4 Å². The molecular formula is C14H15ClN4. The molecule has 0 unspecified atom stereocenters. The van der Waals surface area contributed by atoms with Crippen LogP contribution in [0.4, 0.5) is 5.69 Å². The highest BCUT2D eigenvalue weighted by Gasteiger charge is 2.02. The monoisotopic (exact) mass is 274 g/mol. The third-order valence-corrected chi connectivity index (χ3v) is 3.28. The van der Waals surface area contributed by atoms with Gasteiger partial charge in [0, 0.05) is 12.2 Å². The molecule has 0 aliphatic carbocycles. The summed E-state index contributed by atoms with van der Waals surface area (Å²) in [5.41, 5.74) is 3.80. The zero-order valence-electron chi connectivity index (χ0n) is 10.7. The predicted octanol–water partition coefficient (Wildman–Crippen LogP) is 3.29. The average molecular weight is 275 g/mol. The normalized spacial score (nSPS) is 10.2. The summed E-state index contributed by atoms with van der Waals surface area (Å²) in [4.78, 5) is 0. The van der Waals surface area contributed by atoms with Crippen molar-refractivity contribution in [1.82, 2.24) is 10.2 Å². The number of aromatic amines is 1. The first-order valence-corrected chi connectivity index (χ1v) is 6.51. The van der Waals surface area contributed by atoms with E-state index in [9.17, 15) is 0 Å². The van der Waals surface area contributed by atoms with E-state index in [1.54, 1.807) is 12.1 Å². The molecule has 0 atom stereocenters. The van der Waals surface area contributed by atoms with Crippen LogP contribution in [0.15, 0.2) is 24.4 Å². The zero-order valence-corrected chi connectivity index (χ0v) is 11.5. The van der Waals surface area contributed by atoms with Crippen molar-refractivity contribution in [2.45, 2.75) is 19.8 Å². The molecule has 0 bridgehead atoms. The maximum absolute atomic E-state index is 8.76. The molecule has 0 radical (unpaired) electrons. The molecule has 2 N–H and O–H groups in total. The van der Waals surface area contributed by atoms with Crippen LogP contribution in [0.25, 0.3) is 0 Å². The van der Waals surface area contributed by atoms with E-state index in [1.165, 1.54) is 5.56 Å². The molecule has 2 rings (SSSR count). The number of benzene rings is 1. The molecular weight excluding hydrogens is 260 g/mol. The number of nitriles is 1. The van der Waals surface area contributed by atoms with Crippen LogP contribution in [0.5, 0.6) is 0 Å². The van der Waals surface area contributed by atoms with Gasteiger partial charge in [0.25, 0.3) is 0 Å². The number of aromatic nitrogens is 2. The number of rotatable bonds is 5. The van der Waals surface area contributed by atoms with Crippen molar-refractivity contribution in [3.8, 4) is 6.07 Å². The summed E-state index contributed by atoms with van der Waals surface area (Å²) in [6.45, 7) is 2.85. The van der Waals surface area contributed by atoms with E-state index in [1.807, 2.05) is 19.2 Å². The highest BCUT2D eigenvalue weighted by Crippen LogP contribution is 2.22. The second-order valence-electron chi connectivity index (χ2n) is 4.36. The quantitative estimate of drug-likeness (QED) is 0.823. The van der Waals surface area contributed by atoms with E-state index in [0.29, 0.717) is 10.6 Å². The third-order valence-electron chi connectivity index (χ3n) is 2.97. The van der Waals surface area contributed by atoms with E-state index in [0.717, 1.165) is 30.8 Å². The van der Waals surface area contributed by atoms with Gasteiger partial charge in [-0.1, -0.05) is 11.6 Å². The Hall–Kier alpha value is -1.99. The Balaban J connectivity index is 1.83. The van der Waals surface area contributed by atoms with Crippen molar-refractivity contribution in [3.05, 3.63) is 46.2 Å². The summed E-state index contributed by atoms with van der Waals surface area (Å²) in [5.74, 6) is 0. The maximum atomic E-state index is 8.76. The number of nitrogens with one attached hydrogen (secondary N) is 2. The van der Waals surface area contributed by atoms with Crippen LogP contribution >= 0.6 is 11.6 Å². The van der Waals surface area contributed by atoms with Gasteiger partial charge in [-0.3, -0.25) is 5.10 Å². The fourth-order valence-corrected chi connectivity index (χ4v) is 2.10. The van der Waals surface area contributed by atoms with Crippen LogP contribution in [0.1, 0.15) is 23.2 Å². The number of anilines is 1. The summed E-state index contributed by atoms with van der Waals surface area (Å²) in [5, 5.41) is 19.5. The van der Waals surface area contributed by atoms with Crippen LogP contribution < -0.4 is 5.32 Å². The molecule has 1 aromatic heterocycles. The Bertz CT molecular complexity index is 598. The van der Waals surface area contributed by atoms with Crippen LogP contribution in [0.3, 0.4) is 0 Å². The first-order valence-electron chi connectivity index (χ1n) is 6.13. The van der Waals surface area contributed by atoms with Gasteiger partial charge in [0.2, 0.25) is 0 Å². The SMILES string of the molecule is Cc1[nH]ncc1CCCNc1ccc(C#N)cc1Cl. The Morgan fingerprint density at radius 3 is 2.95 bits per heavy atom. The number of hydrogen-bond donors (Lipinski definition) is 2. The molecule has 2 aromatic rings. The topological polar surface area (TPSA) is 64.5 Å². The van der Waals surface area contributed by atoms with Crippen LogP contribution in [0.2, 0.25) is 5.02 Å². The Labute approximate surface area is 117 Å². The lowest BCUT2D eigenvalue weighted by Crippen LogP contribution is -2.03. The molecule has 0 aliphatic rings. The highest BCUT2D eigenvalue weighted by atomic mass is 35.5. The molecule has 0 saturated carbocycles. The molecule has 5 heteroatoms. The molecule has 1 aromatic carbocycles. The van der Waals surface area contributed by atoms with E-state index >= 15 is 0 Å². The first-order chi connectivity index (χ1) is 9.20. The summed E-state index contributed by atoms with van der Waals surface area (Å²) in [7, 11) is 0. The Kier molecular flexibility index (Phi) is 4.43. The largest absolute Gasteiger partial charge is 0.384 e. The van der Waals surface area contributed by atoms with Crippen molar-refractivity contribution in [2.75, 3.05) is 11.9 Å². The van der Waals surface area contributed by atoms with Gasteiger partial charge in [-0.05, 0) is 43.5 Å². The molecule has 4 nitrogen and oxygen atoms in total. The maximum Gasteiger partial charge on any atom is 0.0992 e. The molecule has 98 valence electrons. The summed E-state index contributed by atoms with van der Waals surface area (Å²) < 4.78 is 0. The highest BCUT2D eigenvalue weighted by molar-refractivity contribution is 6.33. The smallest absolute Gasteiger partial charge is 0.0992 e. The number of hydrogen-bond acceptors (Lipinski definition) is 3. The number of aryl methyl sites for hydroxylation is 2. The molecule has 19 heavy (non-hydrogen) atoms. The Morgan fingerprint density at radius 2 is 2.32 bits per heavy atom. The van der Waals surface area contributed by atoms with Gasteiger partial charge >= 0.3 is 0 Å². The molecule has 1 heterocycles. The first kappa shape index (κ1) is 13.4. The van der Waals surface area contributed by atoms with Crippen LogP contribution in [-0.4, -0.2) is 16.7 Å². The van der Waals surface area contributed by atoms with Gasteiger partial charge in [0.15, 0.2) is 0 Å². The van der Waals surface area contributed by atoms with Gasteiger partial charge in [-0.15, -0.1) is 0 Å². The third kappa shape index (κ3) is 3.49. The van der Waals surface area contributed by atoms with Crippen LogP contribution in [0, 0.1) is 18.3 Å². The predicted molar refractivity (Wildman–Crippen MR) is 76.3 cm³/mol. The lowest BCUT2D eigenvalue weighted by molar-refractivity contribution is 0.857. The van der Waals surface area contributed by atoms with E-state index in [-0.39, 0.29) is 0 Å². The van der Waals surface area contributed by atoms with Crippen molar-refractivity contribution < 1.29 is 0 Å². The van der Waals surface area contributed by atoms with E-state index < -0.39 is 0 Å².